The van der Waals surface area contributed by atoms with Gasteiger partial charge < -0.3 is 15.6 Å². The van der Waals surface area contributed by atoms with E-state index in [-0.39, 0.29) is 11.7 Å². The van der Waals surface area contributed by atoms with Crippen molar-refractivity contribution in [3.05, 3.63) is 53.6 Å². The Balaban J connectivity index is 1.51. The maximum Gasteiger partial charge on any atom is 0.259 e. The molecule has 6 heteroatoms. The van der Waals surface area contributed by atoms with Gasteiger partial charge in [-0.05, 0) is 36.3 Å². The highest BCUT2D eigenvalue weighted by molar-refractivity contribution is 5.98. The van der Waals surface area contributed by atoms with E-state index in [4.69, 9.17) is 5.73 Å². The first-order chi connectivity index (χ1) is 12.7. The van der Waals surface area contributed by atoms with Crippen LogP contribution in [0, 0.1) is 0 Å². The smallest absolute Gasteiger partial charge is 0.259 e. The summed E-state index contributed by atoms with van der Waals surface area (Å²) in [6.07, 6.45) is 7.92. The molecule has 3 heterocycles. The van der Waals surface area contributed by atoms with Gasteiger partial charge in [0.25, 0.3) is 5.91 Å². The lowest BCUT2D eigenvalue weighted by Crippen LogP contribution is -2.38. The van der Waals surface area contributed by atoms with Gasteiger partial charge in [0.1, 0.15) is 12.1 Å². The lowest BCUT2D eigenvalue weighted by molar-refractivity contribution is 0.0713. The zero-order valence-corrected chi connectivity index (χ0v) is 14.9. The summed E-state index contributed by atoms with van der Waals surface area (Å²) in [6.45, 7) is 3.62. The molecule has 2 aromatic heterocycles. The van der Waals surface area contributed by atoms with Crippen molar-refractivity contribution in [2.45, 2.75) is 32.1 Å². The highest BCUT2D eigenvalue weighted by Gasteiger charge is 2.27. The topological polar surface area (TPSA) is 87.9 Å². The Hall–Kier alpha value is -2.89. The van der Waals surface area contributed by atoms with Gasteiger partial charge >= 0.3 is 0 Å². The monoisotopic (exact) mass is 349 g/mol. The highest BCUT2D eigenvalue weighted by atomic mass is 16.2. The molecule has 3 aromatic rings. The summed E-state index contributed by atoms with van der Waals surface area (Å²) in [6, 6.07) is 6.51. The number of para-hydroxylation sites is 1. The number of nitrogens with two attached hydrogens (primary N) is 1. The molecule has 1 aliphatic heterocycles. The molecule has 0 atom stereocenters. The lowest BCUT2D eigenvalue weighted by Gasteiger charge is -2.32. The van der Waals surface area contributed by atoms with Crippen LogP contribution in [0.15, 0.2) is 36.9 Å². The van der Waals surface area contributed by atoms with Gasteiger partial charge in [-0.25, -0.2) is 9.97 Å². The number of aryl methyl sites for hydroxylation is 1. The first-order valence-electron chi connectivity index (χ1n) is 9.12. The minimum Gasteiger partial charge on any atom is -0.383 e. The first-order valence-corrected chi connectivity index (χ1v) is 9.12. The first kappa shape index (κ1) is 16.6. The normalized spacial score (nSPS) is 15.5. The second-order valence-corrected chi connectivity index (χ2v) is 6.83. The average Bonchev–Trinajstić information content (AvgIpc) is 3.12. The number of likely N-dealkylation sites (tertiary alicyclic amines) is 1. The fourth-order valence-electron chi connectivity index (χ4n) is 3.94. The average molecular weight is 349 g/mol. The Kier molecular flexibility index (Phi) is 4.32. The largest absolute Gasteiger partial charge is 0.383 e. The van der Waals surface area contributed by atoms with E-state index in [1.54, 1.807) is 0 Å². The molecule has 0 unspecified atom stereocenters. The van der Waals surface area contributed by atoms with Crippen LogP contribution in [0.25, 0.3) is 10.9 Å². The molecule has 0 aliphatic carbocycles. The molecule has 6 nitrogen and oxygen atoms in total. The molecular weight excluding hydrogens is 326 g/mol. The quantitative estimate of drug-likeness (QED) is 0.760. The number of aromatic amines is 1. The molecule has 4 rings (SSSR count). The third-order valence-corrected chi connectivity index (χ3v) is 5.41. The summed E-state index contributed by atoms with van der Waals surface area (Å²) in [5, 5.41) is 1.31. The van der Waals surface area contributed by atoms with E-state index in [0.29, 0.717) is 11.5 Å². The molecule has 0 spiro atoms. The Labute approximate surface area is 152 Å². The van der Waals surface area contributed by atoms with Crippen LogP contribution in [0.3, 0.4) is 0 Å². The Bertz CT molecular complexity index is 940. The second-order valence-electron chi connectivity index (χ2n) is 6.83. The second kappa shape index (κ2) is 6.78. The van der Waals surface area contributed by atoms with Crippen LogP contribution in [-0.2, 0) is 6.42 Å². The molecule has 3 N–H and O–H groups in total. The molecule has 0 bridgehead atoms. The van der Waals surface area contributed by atoms with Crippen molar-refractivity contribution in [3.8, 4) is 0 Å². The number of nitrogens with zero attached hydrogens (tertiary/aromatic N) is 3. The lowest BCUT2D eigenvalue weighted by atomic mass is 9.88. The number of piperidine rings is 1. The summed E-state index contributed by atoms with van der Waals surface area (Å²) in [7, 11) is 0. The number of amides is 1. The van der Waals surface area contributed by atoms with Crippen molar-refractivity contribution in [1.82, 2.24) is 19.9 Å². The van der Waals surface area contributed by atoms with E-state index < -0.39 is 0 Å². The number of rotatable bonds is 3. The summed E-state index contributed by atoms with van der Waals surface area (Å²) in [5.41, 5.74) is 10.2. The van der Waals surface area contributed by atoms with Gasteiger partial charge in [-0.1, -0.05) is 25.1 Å². The number of nitrogens with one attached hydrogen (secondary N) is 1. The van der Waals surface area contributed by atoms with Crippen molar-refractivity contribution < 1.29 is 4.79 Å². The van der Waals surface area contributed by atoms with Gasteiger partial charge in [0.05, 0.1) is 5.56 Å². The molecule has 1 aromatic carbocycles. The SMILES string of the molecule is CCc1cccc2c(C3CCN(C(=O)c4cncnc4N)CC3)c[nH]c12. The number of aromatic nitrogens is 3. The van der Waals surface area contributed by atoms with Crippen LogP contribution < -0.4 is 5.73 Å². The highest BCUT2D eigenvalue weighted by Crippen LogP contribution is 2.34. The molecule has 1 aliphatic rings. The molecule has 1 fully saturated rings. The minimum atomic E-state index is -0.0752. The van der Waals surface area contributed by atoms with Gasteiger partial charge in [-0.2, -0.15) is 0 Å². The van der Waals surface area contributed by atoms with Crippen LogP contribution in [0.1, 0.15) is 47.2 Å². The van der Waals surface area contributed by atoms with E-state index in [9.17, 15) is 4.79 Å². The summed E-state index contributed by atoms with van der Waals surface area (Å²) in [5.74, 6) is 0.633. The van der Waals surface area contributed by atoms with E-state index in [1.165, 1.54) is 34.6 Å². The van der Waals surface area contributed by atoms with Crippen molar-refractivity contribution in [2.24, 2.45) is 0 Å². The standard InChI is InChI=1S/C20H23N5O/c1-2-13-4-3-5-15-16(11-23-18(13)15)14-6-8-25(9-7-14)20(26)17-10-22-12-24-19(17)21/h3-5,10-12,14,23H,2,6-9H2,1H3,(H2,21,22,24). The molecule has 0 saturated carbocycles. The van der Waals surface area contributed by atoms with Gasteiger partial charge in [-0.3, -0.25) is 4.79 Å². The van der Waals surface area contributed by atoms with Crippen LogP contribution in [0.5, 0.6) is 0 Å². The number of hydrogen-bond acceptors (Lipinski definition) is 4. The summed E-state index contributed by atoms with van der Waals surface area (Å²) in [4.78, 5) is 25.8. The number of anilines is 1. The van der Waals surface area contributed by atoms with Gasteiger partial charge in [0, 0.05) is 36.4 Å². The summed E-state index contributed by atoms with van der Waals surface area (Å²) < 4.78 is 0. The van der Waals surface area contributed by atoms with E-state index in [2.05, 4.69) is 46.3 Å². The fraction of sp³-hybridized carbons (Fsp3) is 0.350. The summed E-state index contributed by atoms with van der Waals surface area (Å²) >= 11 is 0. The number of hydrogen-bond donors (Lipinski definition) is 2. The number of H-pyrrole nitrogens is 1. The van der Waals surface area contributed by atoms with Gasteiger partial charge in [-0.15, -0.1) is 0 Å². The molecule has 1 amide bonds. The van der Waals surface area contributed by atoms with E-state index in [0.717, 1.165) is 32.4 Å². The van der Waals surface area contributed by atoms with Crippen molar-refractivity contribution in [2.75, 3.05) is 18.8 Å². The zero-order chi connectivity index (χ0) is 18.1. The Morgan fingerprint density at radius 2 is 2.15 bits per heavy atom. The zero-order valence-electron chi connectivity index (χ0n) is 14.9. The minimum absolute atomic E-state index is 0.0752. The molecule has 1 saturated heterocycles. The maximum atomic E-state index is 12.7. The van der Waals surface area contributed by atoms with E-state index in [1.807, 2.05) is 4.90 Å². The third kappa shape index (κ3) is 2.81. The van der Waals surface area contributed by atoms with Crippen LogP contribution in [0.4, 0.5) is 5.82 Å². The number of benzene rings is 1. The van der Waals surface area contributed by atoms with E-state index >= 15 is 0 Å². The number of fused-ring (bicyclic) bond motifs is 1. The van der Waals surface area contributed by atoms with Gasteiger partial charge in [0.15, 0.2) is 0 Å². The number of nitrogen functional groups attached to an aromatic ring is 1. The van der Waals surface area contributed by atoms with Crippen molar-refractivity contribution >= 4 is 22.6 Å². The van der Waals surface area contributed by atoms with Gasteiger partial charge in [0.2, 0.25) is 0 Å². The van der Waals surface area contributed by atoms with Crippen LogP contribution >= 0.6 is 0 Å². The predicted octanol–water partition coefficient (Wildman–Crippen LogP) is 3.12. The Morgan fingerprint density at radius 3 is 2.88 bits per heavy atom. The maximum absolute atomic E-state index is 12.7. The molecule has 134 valence electrons. The fourth-order valence-corrected chi connectivity index (χ4v) is 3.94. The van der Waals surface area contributed by atoms with Crippen molar-refractivity contribution in [1.29, 1.82) is 0 Å². The third-order valence-electron chi connectivity index (χ3n) is 5.41. The molecule has 0 radical (unpaired) electrons. The number of carbonyl (C=O) groups is 1. The van der Waals surface area contributed by atoms with Crippen LogP contribution in [0.2, 0.25) is 0 Å². The van der Waals surface area contributed by atoms with Crippen LogP contribution in [-0.4, -0.2) is 38.8 Å². The predicted molar refractivity (Wildman–Crippen MR) is 102 cm³/mol. The number of carbonyl (C=O) groups excluding carboxylic acids is 1. The molecular formula is C20H23N5O. The Morgan fingerprint density at radius 1 is 1.35 bits per heavy atom. The van der Waals surface area contributed by atoms with Crippen molar-refractivity contribution in [3.63, 3.8) is 0 Å². The molecule has 26 heavy (non-hydrogen) atoms.